The van der Waals surface area contributed by atoms with Gasteiger partial charge in [-0.25, -0.2) is 0 Å². The SMILES string of the molecule is CC(NN)c1ccccn1. The first kappa shape index (κ1) is 7.18. The van der Waals surface area contributed by atoms with E-state index in [-0.39, 0.29) is 6.04 Å². The standard InChI is InChI=1S/C7H11N3/c1-6(10-8)7-4-2-3-5-9-7/h2-6,10H,8H2,1H3. The maximum atomic E-state index is 5.21. The van der Waals surface area contributed by atoms with Gasteiger partial charge in [-0.1, -0.05) is 6.07 Å². The van der Waals surface area contributed by atoms with E-state index in [1.807, 2.05) is 25.1 Å². The van der Waals surface area contributed by atoms with Crippen LogP contribution in [0.3, 0.4) is 0 Å². The van der Waals surface area contributed by atoms with Crippen molar-refractivity contribution >= 4 is 0 Å². The number of nitrogens with two attached hydrogens (primary N) is 1. The topological polar surface area (TPSA) is 50.9 Å². The summed E-state index contributed by atoms with van der Waals surface area (Å²) in [5.41, 5.74) is 3.58. The Labute approximate surface area is 60.2 Å². The molecule has 0 spiro atoms. The van der Waals surface area contributed by atoms with Crippen LogP contribution in [0.4, 0.5) is 0 Å². The molecule has 0 aromatic carbocycles. The zero-order valence-corrected chi connectivity index (χ0v) is 5.91. The quantitative estimate of drug-likeness (QED) is 0.463. The number of nitrogens with one attached hydrogen (secondary N) is 1. The molecule has 0 radical (unpaired) electrons. The van der Waals surface area contributed by atoms with Crippen LogP contribution in [0.25, 0.3) is 0 Å². The second-order valence-corrected chi connectivity index (χ2v) is 2.14. The maximum Gasteiger partial charge on any atom is 0.0604 e. The van der Waals surface area contributed by atoms with Crippen molar-refractivity contribution in [2.24, 2.45) is 5.84 Å². The van der Waals surface area contributed by atoms with Crippen LogP contribution >= 0.6 is 0 Å². The van der Waals surface area contributed by atoms with Gasteiger partial charge in [0.2, 0.25) is 0 Å². The molecule has 1 aromatic heterocycles. The van der Waals surface area contributed by atoms with Gasteiger partial charge in [-0.3, -0.25) is 16.3 Å². The molecule has 0 aliphatic rings. The summed E-state index contributed by atoms with van der Waals surface area (Å²) in [6.45, 7) is 1.96. The van der Waals surface area contributed by atoms with Crippen LogP contribution in [0.5, 0.6) is 0 Å². The number of hydrazine groups is 1. The van der Waals surface area contributed by atoms with Gasteiger partial charge in [-0.15, -0.1) is 0 Å². The number of aromatic nitrogens is 1. The van der Waals surface area contributed by atoms with Crippen molar-refractivity contribution in [3.63, 3.8) is 0 Å². The van der Waals surface area contributed by atoms with Crippen LogP contribution in [-0.2, 0) is 0 Å². The van der Waals surface area contributed by atoms with Crippen LogP contribution in [0.2, 0.25) is 0 Å². The first-order valence-corrected chi connectivity index (χ1v) is 3.21. The van der Waals surface area contributed by atoms with E-state index in [0.717, 1.165) is 5.69 Å². The van der Waals surface area contributed by atoms with Crippen molar-refractivity contribution in [3.8, 4) is 0 Å². The summed E-state index contributed by atoms with van der Waals surface area (Å²) in [6, 6.07) is 5.88. The van der Waals surface area contributed by atoms with Gasteiger partial charge in [0.05, 0.1) is 11.7 Å². The fraction of sp³-hybridized carbons (Fsp3) is 0.286. The Balaban J connectivity index is 2.75. The molecule has 0 saturated carbocycles. The second-order valence-electron chi connectivity index (χ2n) is 2.14. The average molecular weight is 137 g/mol. The Morgan fingerprint density at radius 2 is 2.40 bits per heavy atom. The van der Waals surface area contributed by atoms with Gasteiger partial charge < -0.3 is 0 Å². The monoisotopic (exact) mass is 137 g/mol. The van der Waals surface area contributed by atoms with E-state index in [1.54, 1.807) is 6.20 Å². The number of hydrogen-bond acceptors (Lipinski definition) is 3. The van der Waals surface area contributed by atoms with Gasteiger partial charge in [-0.2, -0.15) is 0 Å². The van der Waals surface area contributed by atoms with Crippen molar-refractivity contribution in [1.82, 2.24) is 10.4 Å². The lowest BCUT2D eigenvalue weighted by atomic mass is 10.2. The number of pyridine rings is 1. The predicted octanol–water partition coefficient (Wildman–Crippen LogP) is 0.606. The van der Waals surface area contributed by atoms with Gasteiger partial charge in [-0.05, 0) is 19.1 Å². The Hall–Kier alpha value is -0.930. The van der Waals surface area contributed by atoms with Gasteiger partial charge >= 0.3 is 0 Å². The molecule has 3 heteroatoms. The summed E-state index contributed by atoms with van der Waals surface area (Å²) in [4.78, 5) is 4.11. The van der Waals surface area contributed by atoms with Crippen LogP contribution in [0.1, 0.15) is 18.7 Å². The van der Waals surface area contributed by atoms with E-state index < -0.39 is 0 Å². The normalized spacial score (nSPS) is 13.0. The van der Waals surface area contributed by atoms with E-state index in [9.17, 15) is 0 Å². The molecule has 0 bridgehead atoms. The highest BCUT2D eigenvalue weighted by Gasteiger charge is 2.00. The third kappa shape index (κ3) is 1.52. The molecule has 0 amide bonds. The summed E-state index contributed by atoms with van der Waals surface area (Å²) in [5.74, 6) is 5.21. The van der Waals surface area contributed by atoms with Crippen LogP contribution in [-0.4, -0.2) is 4.98 Å². The molecule has 0 fully saturated rings. The highest BCUT2D eigenvalue weighted by molar-refractivity contribution is 5.06. The Bertz CT molecular complexity index is 185. The van der Waals surface area contributed by atoms with E-state index >= 15 is 0 Å². The van der Waals surface area contributed by atoms with E-state index in [1.165, 1.54) is 0 Å². The Morgan fingerprint density at radius 3 is 2.90 bits per heavy atom. The minimum absolute atomic E-state index is 0.126. The van der Waals surface area contributed by atoms with Gasteiger partial charge in [0.25, 0.3) is 0 Å². The zero-order chi connectivity index (χ0) is 7.40. The third-order valence-corrected chi connectivity index (χ3v) is 1.38. The maximum absolute atomic E-state index is 5.21. The molecule has 0 aliphatic carbocycles. The van der Waals surface area contributed by atoms with Crippen molar-refractivity contribution in [2.75, 3.05) is 0 Å². The fourth-order valence-electron chi connectivity index (χ4n) is 0.717. The molecule has 3 N–H and O–H groups in total. The second kappa shape index (κ2) is 3.29. The molecule has 1 heterocycles. The molecule has 54 valence electrons. The van der Waals surface area contributed by atoms with Gasteiger partial charge in [0.15, 0.2) is 0 Å². The first-order valence-electron chi connectivity index (χ1n) is 3.21. The summed E-state index contributed by atoms with van der Waals surface area (Å²) in [6.07, 6.45) is 1.75. The Morgan fingerprint density at radius 1 is 1.60 bits per heavy atom. The lowest BCUT2D eigenvalue weighted by Gasteiger charge is -2.07. The molecule has 0 saturated heterocycles. The molecular formula is C7H11N3. The van der Waals surface area contributed by atoms with Crippen molar-refractivity contribution < 1.29 is 0 Å². The number of hydrogen-bond donors (Lipinski definition) is 2. The first-order chi connectivity index (χ1) is 4.84. The molecule has 1 aromatic rings. The predicted molar refractivity (Wildman–Crippen MR) is 40.0 cm³/mol. The van der Waals surface area contributed by atoms with Crippen molar-refractivity contribution in [2.45, 2.75) is 13.0 Å². The zero-order valence-electron chi connectivity index (χ0n) is 5.91. The number of rotatable bonds is 2. The van der Waals surface area contributed by atoms with E-state index in [4.69, 9.17) is 5.84 Å². The molecule has 10 heavy (non-hydrogen) atoms. The van der Waals surface area contributed by atoms with E-state index in [2.05, 4.69) is 10.4 Å². The largest absolute Gasteiger partial charge is 0.271 e. The molecule has 1 unspecified atom stereocenters. The van der Waals surface area contributed by atoms with Crippen LogP contribution < -0.4 is 11.3 Å². The summed E-state index contributed by atoms with van der Waals surface area (Å²) in [5, 5.41) is 0. The third-order valence-electron chi connectivity index (χ3n) is 1.38. The minimum Gasteiger partial charge on any atom is -0.271 e. The van der Waals surface area contributed by atoms with E-state index in [0.29, 0.717) is 0 Å². The number of nitrogens with zero attached hydrogens (tertiary/aromatic N) is 1. The summed E-state index contributed by atoms with van der Waals surface area (Å²) < 4.78 is 0. The molecule has 1 atom stereocenters. The van der Waals surface area contributed by atoms with Crippen LogP contribution in [0, 0.1) is 0 Å². The fourth-order valence-corrected chi connectivity index (χ4v) is 0.717. The summed E-state index contributed by atoms with van der Waals surface area (Å²) in [7, 11) is 0. The molecular weight excluding hydrogens is 126 g/mol. The average Bonchev–Trinajstić information content (AvgIpc) is 2.05. The minimum atomic E-state index is 0.126. The van der Waals surface area contributed by atoms with Crippen LogP contribution in [0.15, 0.2) is 24.4 Å². The van der Waals surface area contributed by atoms with Gasteiger partial charge in [0.1, 0.15) is 0 Å². The van der Waals surface area contributed by atoms with Crippen molar-refractivity contribution in [3.05, 3.63) is 30.1 Å². The summed E-state index contributed by atoms with van der Waals surface area (Å²) >= 11 is 0. The smallest absolute Gasteiger partial charge is 0.0604 e. The van der Waals surface area contributed by atoms with Gasteiger partial charge in [0, 0.05) is 6.20 Å². The lowest BCUT2D eigenvalue weighted by molar-refractivity contribution is 0.587. The highest BCUT2D eigenvalue weighted by atomic mass is 15.2. The Kier molecular flexibility index (Phi) is 2.36. The highest BCUT2D eigenvalue weighted by Crippen LogP contribution is 2.04. The van der Waals surface area contributed by atoms with Crippen molar-refractivity contribution in [1.29, 1.82) is 0 Å². The lowest BCUT2D eigenvalue weighted by Crippen LogP contribution is -2.26. The molecule has 3 nitrogen and oxygen atoms in total. The molecule has 1 rings (SSSR count). The molecule has 0 aliphatic heterocycles.